The number of amides is 2. The van der Waals surface area contributed by atoms with E-state index in [9.17, 15) is 14.4 Å². The zero-order valence-electron chi connectivity index (χ0n) is 17.9. The summed E-state index contributed by atoms with van der Waals surface area (Å²) in [5.41, 5.74) is 4.51. The molecule has 1 aromatic heterocycles. The van der Waals surface area contributed by atoms with Crippen molar-refractivity contribution in [3.05, 3.63) is 75.7 Å². The molecule has 2 amide bonds. The van der Waals surface area contributed by atoms with E-state index in [2.05, 4.69) is 27.8 Å². The second kappa shape index (κ2) is 9.83. The van der Waals surface area contributed by atoms with E-state index < -0.39 is 18.1 Å². The van der Waals surface area contributed by atoms with E-state index in [0.29, 0.717) is 11.4 Å². The van der Waals surface area contributed by atoms with Crippen LogP contribution in [-0.4, -0.2) is 47.3 Å². The molecule has 1 atom stereocenters. The number of carbonyl (C=O) groups excluding carboxylic acids is 2. The summed E-state index contributed by atoms with van der Waals surface area (Å²) in [6.07, 6.45) is -0.257. The van der Waals surface area contributed by atoms with Crippen molar-refractivity contribution < 1.29 is 24.2 Å². The van der Waals surface area contributed by atoms with Crippen molar-refractivity contribution in [3.8, 4) is 11.1 Å². The molecule has 0 spiro atoms. The summed E-state index contributed by atoms with van der Waals surface area (Å²) in [6, 6.07) is 15.3. The molecular weight excluding hydrogens is 442 g/mol. The minimum absolute atomic E-state index is 0.00776. The molecule has 9 heteroatoms. The molecule has 0 bridgehead atoms. The number of thiazole rings is 1. The number of ether oxygens (including phenoxy) is 1. The van der Waals surface area contributed by atoms with Gasteiger partial charge in [-0.05, 0) is 29.2 Å². The van der Waals surface area contributed by atoms with E-state index in [1.54, 1.807) is 6.92 Å². The first kappa shape index (κ1) is 22.5. The molecule has 3 aromatic rings. The molecule has 170 valence electrons. The Morgan fingerprint density at radius 3 is 2.33 bits per heavy atom. The lowest BCUT2D eigenvalue weighted by Crippen LogP contribution is -2.45. The van der Waals surface area contributed by atoms with E-state index in [1.165, 1.54) is 16.7 Å². The summed E-state index contributed by atoms with van der Waals surface area (Å²) < 4.78 is 5.47. The molecule has 1 heterocycles. The highest BCUT2D eigenvalue weighted by atomic mass is 32.1. The summed E-state index contributed by atoms with van der Waals surface area (Å²) >= 11 is 1.22. The second-order valence-electron chi connectivity index (χ2n) is 7.66. The van der Waals surface area contributed by atoms with Gasteiger partial charge in [-0.2, -0.15) is 0 Å². The van der Waals surface area contributed by atoms with Gasteiger partial charge in [-0.3, -0.25) is 4.79 Å². The molecule has 0 radical (unpaired) electrons. The van der Waals surface area contributed by atoms with Crippen molar-refractivity contribution in [3.63, 3.8) is 0 Å². The maximum atomic E-state index is 12.3. The zero-order valence-corrected chi connectivity index (χ0v) is 18.7. The van der Waals surface area contributed by atoms with Crippen LogP contribution in [0.15, 0.2) is 53.9 Å². The monoisotopic (exact) mass is 465 g/mol. The highest BCUT2D eigenvalue weighted by Crippen LogP contribution is 2.44. The van der Waals surface area contributed by atoms with Crippen molar-refractivity contribution >= 4 is 29.3 Å². The van der Waals surface area contributed by atoms with Crippen LogP contribution in [0.25, 0.3) is 11.1 Å². The molecule has 33 heavy (non-hydrogen) atoms. The van der Waals surface area contributed by atoms with Crippen molar-refractivity contribution in [1.29, 1.82) is 0 Å². The average molecular weight is 466 g/mol. The number of hydrogen-bond acceptors (Lipinski definition) is 6. The van der Waals surface area contributed by atoms with Crippen LogP contribution in [-0.2, 0) is 16.0 Å². The van der Waals surface area contributed by atoms with Gasteiger partial charge in [0.15, 0.2) is 5.69 Å². The lowest BCUT2D eigenvalue weighted by atomic mass is 9.98. The summed E-state index contributed by atoms with van der Waals surface area (Å²) in [7, 11) is 0. The molecule has 0 fully saturated rings. The predicted octanol–water partition coefficient (Wildman–Crippen LogP) is 3.43. The third-order valence-electron chi connectivity index (χ3n) is 5.48. The van der Waals surface area contributed by atoms with E-state index in [4.69, 9.17) is 9.84 Å². The minimum Gasteiger partial charge on any atom is -0.476 e. The highest BCUT2D eigenvalue weighted by Gasteiger charge is 2.29. The number of nitrogens with zero attached hydrogens (tertiary/aromatic N) is 1. The number of aromatic nitrogens is 1. The van der Waals surface area contributed by atoms with Crippen LogP contribution in [0.1, 0.15) is 39.5 Å². The van der Waals surface area contributed by atoms with Gasteiger partial charge in [-0.1, -0.05) is 48.5 Å². The maximum Gasteiger partial charge on any atom is 0.407 e. The molecule has 1 aliphatic rings. The van der Waals surface area contributed by atoms with Gasteiger partial charge in [-0.15, -0.1) is 11.3 Å². The Bertz CT molecular complexity index is 1150. The average Bonchev–Trinajstić information content (AvgIpc) is 3.41. The fourth-order valence-corrected chi connectivity index (χ4v) is 4.62. The number of fused-ring (bicyclic) bond motifs is 3. The van der Waals surface area contributed by atoms with Crippen molar-refractivity contribution in [1.82, 2.24) is 15.6 Å². The van der Waals surface area contributed by atoms with Crippen LogP contribution in [0.2, 0.25) is 0 Å². The Kier molecular flexibility index (Phi) is 6.69. The second-order valence-corrected chi connectivity index (χ2v) is 8.61. The van der Waals surface area contributed by atoms with Crippen molar-refractivity contribution in [2.45, 2.75) is 25.3 Å². The third kappa shape index (κ3) is 5.04. The van der Waals surface area contributed by atoms with Gasteiger partial charge in [0.05, 0.1) is 5.01 Å². The SMILES string of the molecule is C[C@H](NC(=O)OCC1c2ccccc2-c2ccccc21)C(=O)NCCc1nc(C(=O)O)cs1. The number of alkyl carbamates (subject to hydrolysis) is 1. The Hall–Kier alpha value is -3.72. The van der Waals surface area contributed by atoms with E-state index in [0.717, 1.165) is 22.3 Å². The molecule has 4 rings (SSSR count). The molecule has 2 aromatic carbocycles. The van der Waals surface area contributed by atoms with E-state index in [-0.39, 0.29) is 30.7 Å². The molecule has 0 saturated heterocycles. The first-order chi connectivity index (χ1) is 15.9. The lowest BCUT2D eigenvalue weighted by molar-refractivity contribution is -0.122. The van der Waals surface area contributed by atoms with Crippen molar-refractivity contribution in [2.24, 2.45) is 0 Å². The van der Waals surface area contributed by atoms with Crippen LogP contribution in [0.4, 0.5) is 4.79 Å². The Morgan fingerprint density at radius 2 is 1.73 bits per heavy atom. The smallest absolute Gasteiger partial charge is 0.407 e. The summed E-state index contributed by atoms with van der Waals surface area (Å²) in [5.74, 6) is -1.50. The third-order valence-corrected chi connectivity index (χ3v) is 6.39. The molecule has 1 aliphatic carbocycles. The van der Waals surface area contributed by atoms with Gasteiger partial charge < -0.3 is 20.5 Å². The number of benzene rings is 2. The van der Waals surface area contributed by atoms with Crippen molar-refractivity contribution in [2.75, 3.05) is 13.2 Å². The van der Waals surface area contributed by atoms with Crippen LogP contribution in [0.3, 0.4) is 0 Å². The first-order valence-corrected chi connectivity index (χ1v) is 11.4. The number of hydrogen-bond donors (Lipinski definition) is 3. The van der Waals surface area contributed by atoms with Gasteiger partial charge in [-0.25, -0.2) is 14.6 Å². The Balaban J connectivity index is 1.25. The molecule has 0 aliphatic heterocycles. The fourth-order valence-electron chi connectivity index (χ4n) is 3.85. The Morgan fingerprint density at radius 1 is 1.09 bits per heavy atom. The van der Waals surface area contributed by atoms with Gasteiger partial charge >= 0.3 is 12.1 Å². The minimum atomic E-state index is -1.08. The molecule has 3 N–H and O–H groups in total. The van der Waals surface area contributed by atoms with E-state index in [1.807, 2.05) is 36.4 Å². The number of aromatic carboxylic acids is 1. The molecular formula is C24H23N3O5S. The van der Waals surface area contributed by atoms with Crippen LogP contribution >= 0.6 is 11.3 Å². The van der Waals surface area contributed by atoms with Gasteiger partial charge in [0.25, 0.3) is 0 Å². The molecule has 8 nitrogen and oxygen atoms in total. The number of carboxylic acids is 1. The molecule has 0 unspecified atom stereocenters. The van der Waals surface area contributed by atoms with E-state index >= 15 is 0 Å². The van der Waals surface area contributed by atoms with Gasteiger partial charge in [0, 0.05) is 24.3 Å². The Labute approximate surface area is 194 Å². The van der Waals surface area contributed by atoms with Crippen LogP contribution in [0, 0.1) is 0 Å². The summed E-state index contributed by atoms with van der Waals surface area (Å²) in [4.78, 5) is 39.4. The number of carboxylic acid groups (broad SMARTS) is 1. The summed E-state index contributed by atoms with van der Waals surface area (Å²) in [6.45, 7) is 2.02. The maximum absolute atomic E-state index is 12.3. The van der Waals surface area contributed by atoms with Crippen LogP contribution in [0.5, 0.6) is 0 Å². The molecule has 0 saturated carbocycles. The predicted molar refractivity (Wildman–Crippen MR) is 123 cm³/mol. The normalized spacial score (nSPS) is 13.0. The topological polar surface area (TPSA) is 118 Å². The highest BCUT2D eigenvalue weighted by molar-refractivity contribution is 7.09. The fraction of sp³-hybridized carbons (Fsp3) is 0.250. The zero-order chi connectivity index (χ0) is 23.4. The van der Waals surface area contributed by atoms with Gasteiger partial charge in [0.1, 0.15) is 12.6 Å². The number of carbonyl (C=O) groups is 3. The largest absolute Gasteiger partial charge is 0.476 e. The quantitative estimate of drug-likeness (QED) is 0.469. The lowest BCUT2D eigenvalue weighted by Gasteiger charge is -2.17. The number of nitrogens with one attached hydrogen (secondary N) is 2. The first-order valence-electron chi connectivity index (χ1n) is 10.5. The standard InChI is InChI=1S/C24H23N3O5S/c1-14(22(28)25-11-10-21-27-20(13-33-21)23(29)30)26-24(31)32-12-19-17-8-4-2-6-15(17)16-7-3-5-9-18(16)19/h2-9,13-14,19H,10-12H2,1H3,(H,25,28)(H,26,31)(H,29,30)/t14-/m0/s1. The van der Waals surface area contributed by atoms with Gasteiger partial charge in [0.2, 0.25) is 5.91 Å². The number of rotatable bonds is 8. The van der Waals surface area contributed by atoms with Crippen LogP contribution < -0.4 is 10.6 Å². The summed E-state index contributed by atoms with van der Waals surface area (Å²) in [5, 5.41) is 16.2.